The minimum absolute atomic E-state index is 0.0525. The zero-order chi connectivity index (χ0) is 19.5. The molecule has 144 valence electrons. The van der Waals surface area contributed by atoms with E-state index < -0.39 is 0 Å². The number of hydrogen-bond donors (Lipinski definition) is 2. The second-order valence-corrected chi connectivity index (χ2v) is 8.83. The second kappa shape index (κ2) is 8.28. The van der Waals surface area contributed by atoms with Crippen LogP contribution in [0.2, 0.25) is 0 Å². The molecule has 1 saturated carbocycles. The molecule has 2 rings (SSSR count). The van der Waals surface area contributed by atoms with Crippen molar-refractivity contribution in [3.63, 3.8) is 0 Å². The first kappa shape index (κ1) is 20.5. The van der Waals surface area contributed by atoms with Gasteiger partial charge in [0.15, 0.2) is 6.29 Å². The Balaban J connectivity index is 2.06. The summed E-state index contributed by atoms with van der Waals surface area (Å²) >= 11 is 0. The smallest absolute Gasteiger partial charge is 0.154 e. The molecule has 0 radical (unpaired) electrons. The third-order valence-corrected chi connectivity index (χ3v) is 6.42. The summed E-state index contributed by atoms with van der Waals surface area (Å²) in [4.78, 5) is 11.2. The largest absolute Gasteiger partial charge is 0.508 e. The number of rotatable bonds is 6. The van der Waals surface area contributed by atoms with Gasteiger partial charge in [0.1, 0.15) is 11.5 Å². The molecular formula is C23H34O3. The predicted molar refractivity (Wildman–Crippen MR) is 107 cm³/mol. The molecule has 0 bridgehead atoms. The molecule has 2 N–H and O–H groups in total. The van der Waals surface area contributed by atoms with Crippen molar-refractivity contribution in [1.29, 1.82) is 0 Å². The van der Waals surface area contributed by atoms with Gasteiger partial charge < -0.3 is 10.2 Å². The monoisotopic (exact) mass is 358 g/mol. The summed E-state index contributed by atoms with van der Waals surface area (Å²) in [7, 11) is 0. The fourth-order valence-corrected chi connectivity index (χ4v) is 4.66. The summed E-state index contributed by atoms with van der Waals surface area (Å²) in [6.07, 6.45) is 9.35. The van der Waals surface area contributed by atoms with Crippen molar-refractivity contribution in [2.24, 2.45) is 17.3 Å². The number of phenols is 2. The molecule has 1 fully saturated rings. The van der Waals surface area contributed by atoms with Crippen molar-refractivity contribution in [3.05, 3.63) is 34.4 Å². The van der Waals surface area contributed by atoms with Crippen molar-refractivity contribution in [3.8, 4) is 11.5 Å². The molecule has 0 saturated heterocycles. The number of aldehydes is 1. The number of allylic oxidation sites excluding steroid dienone is 2. The Morgan fingerprint density at radius 2 is 2.04 bits per heavy atom. The molecule has 1 aliphatic carbocycles. The van der Waals surface area contributed by atoms with Crippen LogP contribution in [0.3, 0.4) is 0 Å². The highest BCUT2D eigenvalue weighted by Gasteiger charge is 2.36. The average Bonchev–Trinajstić information content (AvgIpc) is 2.53. The summed E-state index contributed by atoms with van der Waals surface area (Å²) in [5, 5.41) is 20.4. The van der Waals surface area contributed by atoms with Crippen molar-refractivity contribution >= 4 is 6.29 Å². The van der Waals surface area contributed by atoms with E-state index in [4.69, 9.17) is 0 Å². The normalized spacial score (nSPS) is 23.0. The van der Waals surface area contributed by atoms with Gasteiger partial charge in [0.2, 0.25) is 0 Å². The van der Waals surface area contributed by atoms with Gasteiger partial charge in [-0.2, -0.15) is 0 Å². The Morgan fingerprint density at radius 1 is 1.35 bits per heavy atom. The quantitative estimate of drug-likeness (QED) is 0.488. The van der Waals surface area contributed by atoms with Gasteiger partial charge in [0, 0.05) is 5.56 Å². The first-order valence-corrected chi connectivity index (χ1v) is 9.82. The van der Waals surface area contributed by atoms with Crippen LogP contribution in [-0.4, -0.2) is 16.5 Å². The van der Waals surface area contributed by atoms with Gasteiger partial charge in [0.05, 0.1) is 5.56 Å². The van der Waals surface area contributed by atoms with E-state index in [2.05, 4.69) is 33.8 Å². The van der Waals surface area contributed by atoms with Crippen molar-refractivity contribution in [2.45, 2.75) is 73.1 Å². The van der Waals surface area contributed by atoms with Crippen molar-refractivity contribution in [2.75, 3.05) is 0 Å². The van der Waals surface area contributed by atoms with Gasteiger partial charge in [-0.15, -0.1) is 0 Å². The molecule has 3 nitrogen and oxygen atoms in total. The molecule has 1 aromatic carbocycles. The highest BCUT2D eigenvalue weighted by molar-refractivity contribution is 5.83. The SMILES string of the molecule is C/C(=C\Cc1c(O)cc(C)c(C=O)c1O)CCC1C(C)CCCC1(C)C. The molecule has 0 aromatic heterocycles. The zero-order valence-electron chi connectivity index (χ0n) is 16.9. The van der Waals surface area contributed by atoms with Gasteiger partial charge in [-0.05, 0) is 68.4 Å². The van der Waals surface area contributed by atoms with E-state index in [1.165, 1.54) is 31.3 Å². The average molecular weight is 359 g/mol. The van der Waals surface area contributed by atoms with Crippen LogP contribution in [0.4, 0.5) is 0 Å². The summed E-state index contributed by atoms with van der Waals surface area (Å²) in [6, 6.07) is 1.55. The Morgan fingerprint density at radius 3 is 2.65 bits per heavy atom. The number of carbonyl (C=O) groups excluding carboxylic acids is 1. The van der Waals surface area contributed by atoms with E-state index in [1.807, 2.05) is 0 Å². The van der Waals surface area contributed by atoms with Gasteiger partial charge in [-0.1, -0.05) is 45.3 Å². The highest BCUT2D eigenvalue weighted by Crippen LogP contribution is 2.46. The van der Waals surface area contributed by atoms with Gasteiger partial charge in [-0.25, -0.2) is 0 Å². The van der Waals surface area contributed by atoms with Gasteiger partial charge in [0.25, 0.3) is 0 Å². The van der Waals surface area contributed by atoms with Gasteiger partial charge in [-0.3, -0.25) is 4.79 Å². The van der Waals surface area contributed by atoms with E-state index in [0.29, 0.717) is 29.2 Å². The molecule has 2 unspecified atom stereocenters. The Kier molecular flexibility index (Phi) is 6.54. The number of aromatic hydroxyl groups is 2. The molecule has 1 aromatic rings. The van der Waals surface area contributed by atoms with Crippen molar-refractivity contribution < 1.29 is 15.0 Å². The van der Waals surface area contributed by atoms with Crippen LogP contribution in [0.5, 0.6) is 11.5 Å². The molecule has 3 heteroatoms. The molecule has 0 spiro atoms. The van der Waals surface area contributed by atoms with E-state index in [1.54, 1.807) is 13.0 Å². The molecule has 0 aliphatic heterocycles. The molecule has 1 aliphatic rings. The number of hydrogen-bond acceptors (Lipinski definition) is 3. The van der Waals surface area contributed by atoms with Crippen LogP contribution >= 0.6 is 0 Å². The Labute approximate surface area is 158 Å². The fraction of sp³-hybridized carbons (Fsp3) is 0.609. The molecule has 26 heavy (non-hydrogen) atoms. The fourth-order valence-electron chi connectivity index (χ4n) is 4.66. The standard InChI is InChI=1S/C23H34O3/c1-15(9-11-20-16(2)7-6-12-23(20,4)5)8-10-18-21(25)13-17(3)19(14-24)22(18)26/h8,13-14,16,20,25-26H,6-7,9-12H2,1-5H3/b15-8+. The maximum Gasteiger partial charge on any atom is 0.154 e. The predicted octanol–water partition coefficient (Wildman–Crippen LogP) is 5.95. The highest BCUT2D eigenvalue weighted by atomic mass is 16.3. The maximum absolute atomic E-state index is 11.2. The molecule has 0 amide bonds. The lowest BCUT2D eigenvalue weighted by atomic mass is 9.62. The second-order valence-electron chi connectivity index (χ2n) is 8.83. The minimum Gasteiger partial charge on any atom is -0.508 e. The third-order valence-electron chi connectivity index (χ3n) is 6.42. The van der Waals surface area contributed by atoms with E-state index >= 15 is 0 Å². The lowest BCUT2D eigenvalue weighted by Gasteiger charge is -2.43. The number of benzene rings is 1. The topological polar surface area (TPSA) is 57.5 Å². The van der Waals surface area contributed by atoms with Crippen molar-refractivity contribution in [1.82, 2.24) is 0 Å². The van der Waals surface area contributed by atoms with Crippen LogP contribution in [0.25, 0.3) is 0 Å². The maximum atomic E-state index is 11.2. The van der Waals surface area contributed by atoms with Crippen LogP contribution < -0.4 is 0 Å². The summed E-state index contributed by atoms with van der Waals surface area (Å²) in [5.74, 6) is 1.47. The zero-order valence-corrected chi connectivity index (χ0v) is 16.9. The number of phenolic OH excluding ortho intramolecular Hbond substituents is 2. The lowest BCUT2D eigenvalue weighted by molar-refractivity contribution is 0.0767. The van der Waals surface area contributed by atoms with E-state index in [9.17, 15) is 15.0 Å². The van der Waals surface area contributed by atoms with E-state index in [0.717, 1.165) is 18.3 Å². The number of aryl methyl sites for hydroxylation is 1. The Bertz CT molecular complexity index is 685. The van der Waals surface area contributed by atoms with E-state index in [-0.39, 0.29) is 17.1 Å². The summed E-state index contributed by atoms with van der Waals surface area (Å²) in [6.45, 7) is 11.0. The van der Waals surface area contributed by atoms with Crippen LogP contribution in [0.15, 0.2) is 17.7 Å². The Hall–Kier alpha value is -1.77. The molecule has 0 heterocycles. The molecular weight excluding hydrogens is 324 g/mol. The van der Waals surface area contributed by atoms with Crippen LogP contribution in [0, 0.1) is 24.2 Å². The summed E-state index contributed by atoms with van der Waals surface area (Å²) in [5.41, 5.74) is 2.97. The lowest BCUT2D eigenvalue weighted by Crippen LogP contribution is -2.33. The van der Waals surface area contributed by atoms with Gasteiger partial charge >= 0.3 is 0 Å². The van der Waals surface area contributed by atoms with Crippen LogP contribution in [-0.2, 0) is 6.42 Å². The van der Waals surface area contributed by atoms with Crippen LogP contribution in [0.1, 0.15) is 81.3 Å². The third kappa shape index (κ3) is 4.49. The molecule has 2 atom stereocenters. The first-order valence-electron chi connectivity index (χ1n) is 9.82. The first-order chi connectivity index (χ1) is 12.2. The summed E-state index contributed by atoms with van der Waals surface area (Å²) < 4.78 is 0. The number of carbonyl (C=O) groups is 1. The minimum atomic E-state index is -0.0939.